The summed E-state index contributed by atoms with van der Waals surface area (Å²) in [6.45, 7) is 5.70. The van der Waals surface area contributed by atoms with Crippen LogP contribution in [0.2, 0.25) is 0 Å². The van der Waals surface area contributed by atoms with Crippen LogP contribution in [0.3, 0.4) is 0 Å². The number of benzene rings is 1. The Morgan fingerprint density at radius 1 is 1.30 bits per heavy atom. The first kappa shape index (κ1) is 7.03. The van der Waals surface area contributed by atoms with Gasteiger partial charge in [0.1, 0.15) is 5.69 Å². The van der Waals surface area contributed by atoms with E-state index in [9.17, 15) is 0 Å². The van der Waals surface area contributed by atoms with E-state index < -0.39 is 0 Å². The molecule has 1 aromatic carbocycles. The fourth-order valence-electron chi connectivity index (χ4n) is 0.814. The van der Waals surface area contributed by atoms with Crippen molar-refractivity contribution in [1.82, 2.24) is 0 Å². The lowest BCUT2D eigenvalue weighted by Crippen LogP contribution is -2.70. The summed E-state index contributed by atoms with van der Waals surface area (Å²) in [6.07, 6.45) is 1.80. The second kappa shape index (κ2) is 3.18. The van der Waals surface area contributed by atoms with Crippen molar-refractivity contribution >= 4 is 5.69 Å². The van der Waals surface area contributed by atoms with Gasteiger partial charge in [-0.25, -0.2) is 0 Å². The summed E-state index contributed by atoms with van der Waals surface area (Å²) in [7, 11) is 0. The second-order valence-electron chi connectivity index (χ2n) is 2.31. The van der Waals surface area contributed by atoms with Gasteiger partial charge in [-0.15, -0.1) is 0 Å². The van der Waals surface area contributed by atoms with Crippen molar-refractivity contribution in [2.24, 2.45) is 0 Å². The number of rotatable bonds is 2. The molecule has 0 radical (unpaired) electrons. The van der Waals surface area contributed by atoms with Crippen LogP contribution in [0, 0.1) is 6.92 Å². The summed E-state index contributed by atoms with van der Waals surface area (Å²) in [4.78, 5) is 0. The molecule has 52 valence electrons. The molecular weight excluding hydrogens is 122 g/mol. The molecule has 0 atom stereocenters. The van der Waals surface area contributed by atoms with E-state index in [1.54, 1.807) is 6.20 Å². The van der Waals surface area contributed by atoms with E-state index in [2.05, 4.69) is 37.8 Å². The highest BCUT2D eigenvalue weighted by atomic mass is 14.8. The third-order valence-electron chi connectivity index (χ3n) is 1.39. The number of nitrogens with two attached hydrogens (primary N) is 1. The first-order valence-electron chi connectivity index (χ1n) is 3.35. The Morgan fingerprint density at radius 2 is 1.90 bits per heavy atom. The molecule has 1 heteroatoms. The summed E-state index contributed by atoms with van der Waals surface area (Å²) >= 11 is 0. The highest BCUT2D eigenvalue weighted by Crippen LogP contribution is 2.01. The molecule has 2 N–H and O–H groups in total. The van der Waals surface area contributed by atoms with Crippen molar-refractivity contribution < 1.29 is 5.32 Å². The molecule has 0 aliphatic heterocycles. The van der Waals surface area contributed by atoms with Crippen LogP contribution in [-0.2, 0) is 0 Å². The first-order valence-corrected chi connectivity index (χ1v) is 3.35. The molecule has 0 aromatic heterocycles. The zero-order valence-corrected chi connectivity index (χ0v) is 6.17. The van der Waals surface area contributed by atoms with Gasteiger partial charge in [-0.05, 0) is 25.6 Å². The van der Waals surface area contributed by atoms with E-state index in [0.717, 1.165) is 0 Å². The van der Waals surface area contributed by atoms with Gasteiger partial charge >= 0.3 is 0 Å². The Balaban J connectivity index is 2.78. The van der Waals surface area contributed by atoms with Crippen LogP contribution in [0.15, 0.2) is 37.0 Å². The molecular formula is C9H12N+. The molecule has 1 rings (SSSR count). The van der Waals surface area contributed by atoms with Crippen LogP contribution in [0.25, 0.3) is 0 Å². The van der Waals surface area contributed by atoms with Gasteiger partial charge in [-0.3, -0.25) is 5.32 Å². The number of hydrogen-bond donors (Lipinski definition) is 1. The van der Waals surface area contributed by atoms with Crippen molar-refractivity contribution in [2.75, 3.05) is 0 Å². The van der Waals surface area contributed by atoms with Crippen molar-refractivity contribution in [2.45, 2.75) is 6.92 Å². The summed E-state index contributed by atoms with van der Waals surface area (Å²) < 4.78 is 0. The molecule has 0 fully saturated rings. The normalized spacial score (nSPS) is 9.30. The van der Waals surface area contributed by atoms with Crippen molar-refractivity contribution in [3.05, 3.63) is 42.6 Å². The Hall–Kier alpha value is -1.08. The fourth-order valence-corrected chi connectivity index (χ4v) is 0.814. The van der Waals surface area contributed by atoms with Gasteiger partial charge in [0.05, 0.1) is 6.20 Å². The smallest absolute Gasteiger partial charge is 0.134 e. The second-order valence-corrected chi connectivity index (χ2v) is 2.31. The molecule has 0 saturated heterocycles. The van der Waals surface area contributed by atoms with E-state index in [4.69, 9.17) is 0 Å². The maximum absolute atomic E-state index is 3.62. The minimum absolute atomic E-state index is 1.21. The molecule has 0 unspecified atom stereocenters. The van der Waals surface area contributed by atoms with E-state index in [1.807, 2.05) is 5.32 Å². The molecule has 0 aliphatic rings. The minimum Gasteiger partial charge on any atom is -0.288 e. The molecule has 1 aromatic rings. The average Bonchev–Trinajstić information content (AvgIpc) is 1.95. The van der Waals surface area contributed by atoms with Crippen LogP contribution in [0.5, 0.6) is 0 Å². The predicted octanol–water partition coefficient (Wildman–Crippen LogP) is 1.33. The molecule has 1 nitrogen and oxygen atoms in total. The minimum atomic E-state index is 1.21. The zero-order valence-electron chi connectivity index (χ0n) is 6.17. The third-order valence-corrected chi connectivity index (χ3v) is 1.39. The maximum Gasteiger partial charge on any atom is 0.134 e. The number of aryl methyl sites for hydroxylation is 1. The third kappa shape index (κ3) is 1.71. The van der Waals surface area contributed by atoms with Gasteiger partial charge in [0.25, 0.3) is 0 Å². The van der Waals surface area contributed by atoms with Crippen molar-refractivity contribution in [3.8, 4) is 0 Å². The summed E-state index contributed by atoms with van der Waals surface area (Å²) in [6, 6.07) is 8.35. The first-order chi connectivity index (χ1) is 4.83. The molecule has 10 heavy (non-hydrogen) atoms. The molecule has 0 heterocycles. The van der Waals surface area contributed by atoms with Crippen LogP contribution in [0.1, 0.15) is 5.56 Å². The van der Waals surface area contributed by atoms with Gasteiger partial charge in [0, 0.05) is 0 Å². The number of quaternary nitrogens is 1. The highest BCUT2D eigenvalue weighted by Gasteiger charge is 1.89. The van der Waals surface area contributed by atoms with E-state index in [0.29, 0.717) is 0 Å². The average molecular weight is 134 g/mol. The Kier molecular flexibility index (Phi) is 2.24. The van der Waals surface area contributed by atoms with E-state index >= 15 is 0 Å². The Bertz CT molecular complexity index is 211. The van der Waals surface area contributed by atoms with Gasteiger partial charge in [-0.1, -0.05) is 17.7 Å². The Morgan fingerprint density at radius 3 is 2.40 bits per heavy atom. The van der Waals surface area contributed by atoms with Crippen LogP contribution in [0.4, 0.5) is 5.69 Å². The molecule has 0 saturated carbocycles. The van der Waals surface area contributed by atoms with Gasteiger partial charge in [0.15, 0.2) is 0 Å². The largest absolute Gasteiger partial charge is 0.288 e. The lowest BCUT2D eigenvalue weighted by molar-refractivity contribution is -0.495. The van der Waals surface area contributed by atoms with Gasteiger partial charge < -0.3 is 0 Å². The lowest BCUT2D eigenvalue weighted by Gasteiger charge is -1.93. The molecule has 0 spiro atoms. The van der Waals surface area contributed by atoms with Gasteiger partial charge in [0.2, 0.25) is 0 Å². The standard InChI is InChI=1S/C9H11N/c1-3-10-9-6-4-8(2)5-7-9/h3-7,10H,1H2,2H3/p+1. The summed E-state index contributed by atoms with van der Waals surface area (Å²) in [5.74, 6) is 0. The molecule has 0 bridgehead atoms. The SMILES string of the molecule is C=C[NH2+]c1ccc(C)cc1. The number of hydrogen-bond acceptors (Lipinski definition) is 0. The lowest BCUT2D eigenvalue weighted by atomic mass is 10.2. The monoisotopic (exact) mass is 134 g/mol. The van der Waals surface area contributed by atoms with Crippen LogP contribution in [-0.4, -0.2) is 0 Å². The topological polar surface area (TPSA) is 16.6 Å². The summed E-state index contributed by atoms with van der Waals surface area (Å²) in [5, 5.41) is 1.99. The summed E-state index contributed by atoms with van der Waals surface area (Å²) in [5.41, 5.74) is 2.50. The highest BCUT2D eigenvalue weighted by molar-refractivity contribution is 5.31. The van der Waals surface area contributed by atoms with E-state index in [-0.39, 0.29) is 0 Å². The van der Waals surface area contributed by atoms with Crippen LogP contribution >= 0.6 is 0 Å². The van der Waals surface area contributed by atoms with Crippen LogP contribution < -0.4 is 5.32 Å². The molecule has 0 aliphatic carbocycles. The Labute approximate surface area is 61.4 Å². The molecule has 0 amide bonds. The predicted molar refractivity (Wildman–Crippen MR) is 43.0 cm³/mol. The van der Waals surface area contributed by atoms with Gasteiger partial charge in [-0.2, -0.15) is 0 Å². The van der Waals surface area contributed by atoms with E-state index in [1.165, 1.54) is 11.3 Å². The maximum atomic E-state index is 3.62. The quantitative estimate of drug-likeness (QED) is 0.588. The zero-order chi connectivity index (χ0) is 7.40. The fraction of sp³-hybridized carbons (Fsp3) is 0.111. The van der Waals surface area contributed by atoms with Crippen molar-refractivity contribution in [1.29, 1.82) is 0 Å². The van der Waals surface area contributed by atoms with Crippen molar-refractivity contribution in [3.63, 3.8) is 0 Å².